The van der Waals surface area contributed by atoms with Gasteiger partial charge in [-0.05, 0) is 42.7 Å². The molecule has 0 unspecified atom stereocenters. The van der Waals surface area contributed by atoms with Gasteiger partial charge in [0.15, 0.2) is 11.5 Å². The van der Waals surface area contributed by atoms with Crippen LogP contribution >= 0.6 is 0 Å². The molecular formula is C20H20FNO3. The third-order valence-electron chi connectivity index (χ3n) is 5.04. The number of anilines is 1. The van der Waals surface area contributed by atoms with Gasteiger partial charge in [0.2, 0.25) is 5.91 Å². The Morgan fingerprint density at radius 2 is 1.68 bits per heavy atom. The van der Waals surface area contributed by atoms with E-state index in [1.165, 1.54) is 12.1 Å². The number of hydrogen-bond donors (Lipinski definition) is 1. The lowest BCUT2D eigenvalue weighted by Gasteiger charge is -2.40. The van der Waals surface area contributed by atoms with Gasteiger partial charge in [0.1, 0.15) is 5.82 Å². The molecule has 1 N–H and O–H groups in total. The predicted molar refractivity (Wildman–Crippen MR) is 92.6 cm³/mol. The van der Waals surface area contributed by atoms with E-state index in [0.29, 0.717) is 30.4 Å². The van der Waals surface area contributed by atoms with E-state index in [0.717, 1.165) is 31.2 Å². The minimum absolute atomic E-state index is 0.0557. The molecule has 5 heteroatoms. The Morgan fingerprint density at radius 3 is 2.36 bits per heavy atom. The van der Waals surface area contributed by atoms with Crippen LogP contribution in [0.4, 0.5) is 10.1 Å². The molecule has 25 heavy (non-hydrogen) atoms. The van der Waals surface area contributed by atoms with Gasteiger partial charge in [-0.1, -0.05) is 18.6 Å². The van der Waals surface area contributed by atoms with Crippen molar-refractivity contribution in [2.24, 2.45) is 0 Å². The van der Waals surface area contributed by atoms with E-state index in [4.69, 9.17) is 9.47 Å². The average Bonchev–Trinajstić information content (AvgIpc) is 2.80. The number of halogens is 1. The highest BCUT2D eigenvalue weighted by Crippen LogP contribution is 2.45. The molecule has 4 rings (SSSR count). The van der Waals surface area contributed by atoms with E-state index in [1.807, 2.05) is 12.1 Å². The van der Waals surface area contributed by atoms with Crippen molar-refractivity contribution in [1.82, 2.24) is 0 Å². The van der Waals surface area contributed by atoms with E-state index in [9.17, 15) is 9.18 Å². The van der Waals surface area contributed by atoms with Crippen molar-refractivity contribution >= 4 is 11.6 Å². The molecule has 4 nitrogen and oxygen atoms in total. The molecule has 0 aromatic heterocycles. The highest BCUT2D eigenvalue weighted by molar-refractivity contribution is 6.00. The second-order valence-electron chi connectivity index (χ2n) is 6.61. The Morgan fingerprint density at radius 1 is 0.960 bits per heavy atom. The van der Waals surface area contributed by atoms with Crippen LogP contribution in [0, 0.1) is 5.82 Å². The third-order valence-corrected chi connectivity index (χ3v) is 5.04. The summed E-state index contributed by atoms with van der Waals surface area (Å²) in [6.07, 6.45) is 3.38. The number of rotatable bonds is 3. The molecule has 0 bridgehead atoms. The Bertz CT molecular complexity index is 784. The average molecular weight is 341 g/mol. The maximum absolute atomic E-state index is 13.2. The molecule has 2 aromatic carbocycles. The minimum atomic E-state index is -0.572. The highest BCUT2D eigenvalue weighted by atomic mass is 19.1. The van der Waals surface area contributed by atoms with Gasteiger partial charge in [-0.3, -0.25) is 4.79 Å². The molecule has 1 saturated carbocycles. The summed E-state index contributed by atoms with van der Waals surface area (Å²) in [5.41, 5.74) is 0.979. The van der Waals surface area contributed by atoms with Gasteiger partial charge < -0.3 is 14.8 Å². The Hall–Kier alpha value is -2.56. The molecule has 0 saturated heterocycles. The van der Waals surface area contributed by atoms with E-state index in [2.05, 4.69) is 5.32 Å². The number of fused-ring (bicyclic) bond motifs is 1. The van der Waals surface area contributed by atoms with Crippen molar-refractivity contribution in [3.63, 3.8) is 0 Å². The number of carbonyl (C=O) groups excluding carboxylic acids is 1. The molecule has 130 valence electrons. The summed E-state index contributed by atoms with van der Waals surface area (Å²) < 4.78 is 24.5. The first kappa shape index (κ1) is 15.9. The molecule has 0 radical (unpaired) electrons. The summed E-state index contributed by atoms with van der Waals surface area (Å²) in [4.78, 5) is 13.0. The topological polar surface area (TPSA) is 47.6 Å². The Labute approximate surface area is 146 Å². The smallest absolute Gasteiger partial charge is 0.235 e. The van der Waals surface area contributed by atoms with Gasteiger partial charge in [0.25, 0.3) is 0 Å². The SMILES string of the molecule is O=C(Nc1ccc2c(c1)OCCCO2)C1(c2ccc(F)cc2)CCC1. The predicted octanol–water partition coefficient (Wildman–Crippen LogP) is 4.05. The fourth-order valence-corrected chi connectivity index (χ4v) is 3.44. The summed E-state index contributed by atoms with van der Waals surface area (Å²) in [5, 5.41) is 3.00. The van der Waals surface area contributed by atoms with E-state index in [-0.39, 0.29) is 11.7 Å². The van der Waals surface area contributed by atoms with Crippen LogP contribution in [0.15, 0.2) is 42.5 Å². The number of amides is 1. The third kappa shape index (κ3) is 2.95. The van der Waals surface area contributed by atoms with Crippen LogP contribution in [0.2, 0.25) is 0 Å². The van der Waals surface area contributed by atoms with Crippen molar-refractivity contribution in [2.45, 2.75) is 31.1 Å². The molecule has 0 spiro atoms. The lowest BCUT2D eigenvalue weighted by atomic mass is 9.64. The van der Waals surface area contributed by atoms with Gasteiger partial charge in [0.05, 0.1) is 18.6 Å². The summed E-state index contributed by atoms with van der Waals surface area (Å²) in [5.74, 6) is 1.01. The Kier molecular flexibility index (Phi) is 4.07. The van der Waals surface area contributed by atoms with Crippen LogP contribution in [-0.2, 0) is 10.2 Å². The lowest BCUT2D eigenvalue weighted by Crippen LogP contribution is -2.46. The quantitative estimate of drug-likeness (QED) is 0.916. The fourth-order valence-electron chi connectivity index (χ4n) is 3.44. The molecule has 2 aliphatic rings. The van der Waals surface area contributed by atoms with Crippen LogP contribution in [0.3, 0.4) is 0 Å². The van der Waals surface area contributed by atoms with Crippen LogP contribution in [0.1, 0.15) is 31.2 Å². The van der Waals surface area contributed by atoms with Gasteiger partial charge in [0, 0.05) is 18.2 Å². The van der Waals surface area contributed by atoms with E-state index >= 15 is 0 Å². The lowest BCUT2D eigenvalue weighted by molar-refractivity contribution is -0.124. The first-order chi connectivity index (χ1) is 12.2. The minimum Gasteiger partial charge on any atom is -0.490 e. The van der Waals surface area contributed by atoms with Gasteiger partial charge in [-0.2, -0.15) is 0 Å². The molecule has 2 aromatic rings. The van der Waals surface area contributed by atoms with Crippen molar-refractivity contribution in [3.8, 4) is 11.5 Å². The normalized spacial score (nSPS) is 18.0. The van der Waals surface area contributed by atoms with Gasteiger partial charge >= 0.3 is 0 Å². The summed E-state index contributed by atoms with van der Waals surface area (Å²) >= 11 is 0. The molecule has 1 aliphatic heterocycles. The second kappa shape index (κ2) is 6.39. The fraction of sp³-hybridized carbons (Fsp3) is 0.350. The molecule has 1 amide bonds. The molecule has 1 aliphatic carbocycles. The zero-order chi connectivity index (χ0) is 17.3. The summed E-state index contributed by atoms with van der Waals surface area (Å²) in [6, 6.07) is 11.7. The monoisotopic (exact) mass is 341 g/mol. The maximum atomic E-state index is 13.2. The van der Waals surface area contributed by atoms with E-state index < -0.39 is 5.41 Å². The molecular weight excluding hydrogens is 321 g/mol. The van der Waals surface area contributed by atoms with E-state index in [1.54, 1.807) is 18.2 Å². The molecule has 0 atom stereocenters. The molecule has 1 fully saturated rings. The van der Waals surface area contributed by atoms with Crippen LogP contribution < -0.4 is 14.8 Å². The number of ether oxygens (including phenoxy) is 2. The van der Waals surface area contributed by atoms with Crippen molar-refractivity contribution < 1.29 is 18.7 Å². The highest BCUT2D eigenvalue weighted by Gasteiger charge is 2.45. The number of carbonyl (C=O) groups is 1. The molecule has 1 heterocycles. The van der Waals surface area contributed by atoms with Crippen LogP contribution in [0.25, 0.3) is 0 Å². The largest absolute Gasteiger partial charge is 0.490 e. The standard InChI is InChI=1S/C20H20FNO3/c21-15-5-3-14(4-6-15)20(9-1-10-20)19(23)22-16-7-8-17-18(13-16)25-12-2-11-24-17/h3-8,13H,1-2,9-12H2,(H,22,23). The van der Waals surface area contributed by atoms with Crippen molar-refractivity contribution in [3.05, 3.63) is 53.8 Å². The van der Waals surface area contributed by atoms with Crippen LogP contribution in [-0.4, -0.2) is 19.1 Å². The van der Waals surface area contributed by atoms with Crippen LogP contribution in [0.5, 0.6) is 11.5 Å². The zero-order valence-electron chi connectivity index (χ0n) is 13.9. The number of benzene rings is 2. The first-order valence-electron chi connectivity index (χ1n) is 8.65. The van der Waals surface area contributed by atoms with Gasteiger partial charge in [-0.15, -0.1) is 0 Å². The summed E-state index contributed by atoms with van der Waals surface area (Å²) in [7, 11) is 0. The first-order valence-corrected chi connectivity index (χ1v) is 8.65. The van der Waals surface area contributed by atoms with Gasteiger partial charge in [-0.25, -0.2) is 4.39 Å². The Balaban J connectivity index is 1.56. The van der Waals surface area contributed by atoms with Crippen molar-refractivity contribution in [1.29, 1.82) is 0 Å². The number of hydrogen-bond acceptors (Lipinski definition) is 3. The zero-order valence-corrected chi connectivity index (χ0v) is 13.9. The second-order valence-corrected chi connectivity index (χ2v) is 6.61. The number of nitrogens with one attached hydrogen (secondary N) is 1. The maximum Gasteiger partial charge on any atom is 0.235 e. The summed E-state index contributed by atoms with van der Waals surface area (Å²) in [6.45, 7) is 1.23. The van der Waals surface area contributed by atoms with Crippen molar-refractivity contribution in [2.75, 3.05) is 18.5 Å².